The van der Waals surface area contributed by atoms with Crippen LogP contribution in [0, 0.1) is 0 Å². The molecule has 2 heterocycles. The van der Waals surface area contributed by atoms with Crippen molar-refractivity contribution in [2.75, 3.05) is 12.8 Å². The van der Waals surface area contributed by atoms with E-state index < -0.39 is 0 Å². The number of amides is 1. The maximum absolute atomic E-state index is 12.2. The van der Waals surface area contributed by atoms with Crippen molar-refractivity contribution >= 4 is 34.3 Å². The highest BCUT2D eigenvalue weighted by atomic mass is 32.1. The Bertz CT molecular complexity index is 504. The largest absolute Gasteiger partial charge is 0.397 e. The third-order valence-electron chi connectivity index (χ3n) is 2.75. The van der Waals surface area contributed by atoms with Crippen molar-refractivity contribution in [2.24, 2.45) is 0 Å². The number of nitrogens with two attached hydrogens (primary N) is 1. The topological polar surface area (TPSA) is 46.3 Å². The summed E-state index contributed by atoms with van der Waals surface area (Å²) in [5.41, 5.74) is 6.32. The summed E-state index contributed by atoms with van der Waals surface area (Å²) in [6.07, 6.45) is 0. The molecule has 0 saturated heterocycles. The highest BCUT2D eigenvalue weighted by Gasteiger charge is 2.21. The molecule has 2 N–H and O–H groups in total. The Labute approximate surface area is 108 Å². The zero-order chi connectivity index (χ0) is 12.4. The van der Waals surface area contributed by atoms with E-state index in [4.69, 9.17) is 5.73 Å². The van der Waals surface area contributed by atoms with Gasteiger partial charge in [0.1, 0.15) is 4.88 Å². The molecule has 0 saturated carbocycles. The van der Waals surface area contributed by atoms with Crippen LogP contribution in [0.2, 0.25) is 0 Å². The lowest BCUT2D eigenvalue weighted by molar-refractivity contribution is 0.0751. The van der Waals surface area contributed by atoms with Crippen molar-refractivity contribution in [1.29, 1.82) is 0 Å². The Balaban J connectivity index is 2.18. The van der Waals surface area contributed by atoms with Gasteiger partial charge in [-0.25, -0.2) is 0 Å². The van der Waals surface area contributed by atoms with Crippen molar-refractivity contribution in [3.63, 3.8) is 0 Å². The van der Waals surface area contributed by atoms with Crippen LogP contribution in [0.3, 0.4) is 0 Å². The van der Waals surface area contributed by atoms with Gasteiger partial charge in [0, 0.05) is 11.9 Å². The van der Waals surface area contributed by atoms with Crippen LogP contribution in [-0.4, -0.2) is 17.9 Å². The molecule has 0 aliphatic rings. The molecule has 0 aliphatic carbocycles. The van der Waals surface area contributed by atoms with Crippen LogP contribution in [0.15, 0.2) is 29.0 Å². The summed E-state index contributed by atoms with van der Waals surface area (Å²) in [6, 6.07) is 5.87. The summed E-state index contributed by atoms with van der Waals surface area (Å²) in [5.74, 6) is -0.0154. The Morgan fingerprint density at radius 1 is 1.35 bits per heavy atom. The molecule has 0 radical (unpaired) electrons. The Kier molecular flexibility index (Phi) is 3.49. The minimum Gasteiger partial charge on any atom is -0.397 e. The smallest absolute Gasteiger partial charge is 0.266 e. The van der Waals surface area contributed by atoms with Gasteiger partial charge in [-0.1, -0.05) is 6.07 Å². The number of thiophene rings is 2. The number of rotatable bonds is 3. The van der Waals surface area contributed by atoms with Crippen LogP contribution in [-0.2, 0) is 0 Å². The van der Waals surface area contributed by atoms with Crippen molar-refractivity contribution in [2.45, 2.75) is 13.0 Å². The van der Waals surface area contributed by atoms with E-state index in [9.17, 15) is 4.79 Å². The molecule has 17 heavy (non-hydrogen) atoms. The average Bonchev–Trinajstić information content (AvgIpc) is 2.96. The van der Waals surface area contributed by atoms with Gasteiger partial charge in [0.2, 0.25) is 0 Å². The molecule has 1 unspecified atom stereocenters. The SMILES string of the molecule is CC(c1cccs1)N(C)C(=O)c1sccc1N. The number of hydrogen-bond acceptors (Lipinski definition) is 4. The molecular weight excluding hydrogens is 252 g/mol. The van der Waals surface area contributed by atoms with Crippen LogP contribution in [0.1, 0.15) is 27.5 Å². The number of anilines is 1. The molecule has 1 atom stereocenters. The molecule has 3 nitrogen and oxygen atoms in total. The maximum Gasteiger partial charge on any atom is 0.266 e. The first kappa shape index (κ1) is 12.1. The second-order valence-corrected chi connectivity index (χ2v) is 5.71. The van der Waals surface area contributed by atoms with Gasteiger partial charge in [-0.2, -0.15) is 0 Å². The summed E-state index contributed by atoms with van der Waals surface area (Å²) in [7, 11) is 1.81. The minimum atomic E-state index is -0.0154. The van der Waals surface area contributed by atoms with Crippen LogP contribution >= 0.6 is 22.7 Å². The fraction of sp³-hybridized carbons (Fsp3) is 0.250. The summed E-state index contributed by atoms with van der Waals surface area (Å²) in [6.45, 7) is 2.02. The molecule has 0 fully saturated rings. The first-order chi connectivity index (χ1) is 8.11. The van der Waals surface area contributed by atoms with E-state index in [2.05, 4.69) is 0 Å². The van der Waals surface area contributed by atoms with Gasteiger partial charge in [-0.15, -0.1) is 22.7 Å². The zero-order valence-corrected chi connectivity index (χ0v) is 11.3. The van der Waals surface area contributed by atoms with Crippen LogP contribution in [0.4, 0.5) is 5.69 Å². The molecule has 90 valence electrons. The van der Waals surface area contributed by atoms with Gasteiger partial charge >= 0.3 is 0 Å². The minimum absolute atomic E-state index is 0.0154. The van der Waals surface area contributed by atoms with Gasteiger partial charge < -0.3 is 10.6 Å². The number of carbonyl (C=O) groups excluding carboxylic acids is 1. The van der Waals surface area contributed by atoms with E-state index in [0.717, 1.165) is 0 Å². The van der Waals surface area contributed by atoms with E-state index in [1.54, 1.807) is 22.3 Å². The van der Waals surface area contributed by atoms with E-state index in [0.29, 0.717) is 10.6 Å². The van der Waals surface area contributed by atoms with E-state index in [1.165, 1.54) is 16.2 Å². The number of nitrogen functional groups attached to an aromatic ring is 1. The first-order valence-corrected chi connectivity index (χ1v) is 7.00. The predicted molar refractivity (Wildman–Crippen MR) is 73.6 cm³/mol. The van der Waals surface area contributed by atoms with Crippen molar-refractivity contribution < 1.29 is 4.79 Å². The lowest BCUT2D eigenvalue weighted by Gasteiger charge is -2.23. The number of carbonyl (C=O) groups is 1. The lowest BCUT2D eigenvalue weighted by Crippen LogP contribution is -2.29. The monoisotopic (exact) mass is 266 g/mol. The highest BCUT2D eigenvalue weighted by molar-refractivity contribution is 7.12. The Hall–Kier alpha value is -1.33. The Morgan fingerprint density at radius 2 is 2.12 bits per heavy atom. The number of nitrogens with zero attached hydrogens (tertiary/aromatic N) is 1. The van der Waals surface area contributed by atoms with E-state index in [1.807, 2.05) is 36.9 Å². The normalized spacial score (nSPS) is 12.4. The Morgan fingerprint density at radius 3 is 2.65 bits per heavy atom. The molecule has 0 bridgehead atoms. The van der Waals surface area contributed by atoms with Crippen LogP contribution < -0.4 is 5.73 Å². The first-order valence-electron chi connectivity index (χ1n) is 5.24. The summed E-state index contributed by atoms with van der Waals surface area (Å²) in [5, 5.41) is 3.86. The van der Waals surface area contributed by atoms with Crippen molar-refractivity contribution in [3.05, 3.63) is 38.7 Å². The van der Waals surface area contributed by atoms with Gasteiger partial charge in [-0.3, -0.25) is 4.79 Å². The van der Waals surface area contributed by atoms with Gasteiger partial charge in [-0.05, 0) is 29.8 Å². The quantitative estimate of drug-likeness (QED) is 0.927. The zero-order valence-electron chi connectivity index (χ0n) is 9.71. The highest BCUT2D eigenvalue weighted by Crippen LogP contribution is 2.27. The van der Waals surface area contributed by atoms with Crippen molar-refractivity contribution in [3.8, 4) is 0 Å². The molecule has 0 aliphatic heterocycles. The lowest BCUT2D eigenvalue weighted by atomic mass is 10.2. The third kappa shape index (κ3) is 2.35. The van der Waals surface area contributed by atoms with Crippen LogP contribution in [0.25, 0.3) is 0 Å². The third-order valence-corrected chi connectivity index (χ3v) is 4.71. The summed E-state index contributed by atoms with van der Waals surface area (Å²) >= 11 is 3.04. The molecule has 5 heteroatoms. The predicted octanol–water partition coefficient (Wildman–Crippen LogP) is 3.23. The molecular formula is C12H14N2OS2. The molecule has 1 amide bonds. The van der Waals surface area contributed by atoms with Gasteiger partial charge in [0.25, 0.3) is 5.91 Å². The molecule has 0 spiro atoms. The molecule has 2 aromatic heterocycles. The molecule has 2 aromatic rings. The molecule has 0 aromatic carbocycles. The second kappa shape index (κ2) is 4.89. The summed E-state index contributed by atoms with van der Waals surface area (Å²) < 4.78 is 0. The summed E-state index contributed by atoms with van der Waals surface area (Å²) in [4.78, 5) is 15.8. The second-order valence-electron chi connectivity index (χ2n) is 3.81. The standard InChI is InChI=1S/C12H14N2OS2/c1-8(10-4-3-6-16-10)14(2)12(15)11-9(13)5-7-17-11/h3-8H,13H2,1-2H3. The molecule has 2 rings (SSSR count). The van der Waals surface area contributed by atoms with Crippen LogP contribution in [0.5, 0.6) is 0 Å². The average molecular weight is 266 g/mol. The van der Waals surface area contributed by atoms with Gasteiger partial charge in [0.15, 0.2) is 0 Å². The van der Waals surface area contributed by atoms with E-state index >= 15 is 0 Å². The fourth-order valence-electron chi connectivity index (χ4n) is 1.55. The maximum atomic E-state index is 12.2. The number of hydrogen-bond donors (Lipinski definition) is 1. The van der Waals surface area contributed by atoms with Crippen molar-refractivity contribution in [1.82, 2.24) is 4.90 Å². The van der Waals surface area contributed by atoms with Gasteiger partial charge in [0.05, 0.1) is 11.7 Å². The fourth-order valence-corrected chi connectivity index (χ4v) is 3.18. The van der Waals surface area contributed by atoms with E-state index in [-0.39, 0.29) is 11.9 Å².